The molecule has 7 heteroatoms. The number of methoxy groups -OCH3 is 1. The van der Waals surface area contributed by atoms with Gasteiger partial charge in [0.15, 0.2) is 0 Å². The molecular formula is C14H19N3O4. The molecule has 1 fully saturated rings. The van der Waals surface area contributed by atoms with Gasteiger partial charge in [-0.05, 0) is 19.9 Å². The SMILES string of the molecule is COc1cc([N+](=O)[O-])ccc1C(=O)N1CCNCC1(C)C. The quantitative estimate of drug-likeness (QED) is 0.673. The fraction of sp³-hybridized carbons (Fsp3) is 0.500. The van der Waals surface area contributed by atoms with Gasteiger partial charge < -0.3 is 15.0 Å². The van der Waals surface area contributed by atoms with Crippen LogP contribution in [0.15, 0.2) is 18.2 Å². The molecule has 7 nitrogen and oxygen atoms in total. The van der Waals surface area contributed by atoms with Crippen molar-refractivity contribution < 1.29 is 14.5 Å². The van der Waals surface area contributed by atoms with E-state index >= 15 is 0 Å². The van der Waals surface area contributed by atoms with Crippen molar-refractivity contribution in [1.29, 1.82) is 0 Å². The molecular weight excluding hydrogens is 274 g/mol. The summed E-state index contributed by atoms with van der Waals surface area (Å²) in [7, 11) is 1.40. The average molecular weight is 293 g/mol. The number of ether oxygens (including phenoxy) is 1. The predicted octanol–water partition coefficient (Wildman–Crippen LogP) is 1.43. The summed E-state index contributed by atoms with van der Waals surface area (Å²) in [6.07, 6.45) is 0. The summed E-state index contributed by atoms with van der Waals surface area (Å²) in [6.45, 7) is 5.98. The van der Waals surface area contributed by atoms with E-state index < -0.39 is 4.92 Å². The van der Waals surface area contributed by atoms with E-state index in [1.54, 1.807) is 4.90 Å². The Morgan fingerprint density at radius 2 is 2.19 bits per heavy atom. The van der Waals surface area contributed by atoms with E-state index in [1.807, 2.05) is 13.8 Å². The van der Waals surface area contributed by atoms with Crippen LogP contribution < -0.4 is 10.1 Å². The number of nitrogens with zero attached hydrogens (tertiary/aromatic N) is 2. The van der Waals surface area contributed by atoms with Gasteiger partial charge in [0.1, 0.15) is 5.75 Å². The number of hydrogen-bond donors (Lipinski definition) is 1. The van der Waals surface area contributed by atoms with Crippen molar-refractivity contribution in [2.45, 2.75) is 19.4 Å². The van der Waals surface area contributed by atoms with Crippen molar-refractivity contribution in [2.75, 3.05) is 26.7 Å². The van der Waals surface area contributed by atoms with Crippen molar-refractivity contribution in [2.24, 2.45) is 0 Å². The van der Waals surface area contributed by atoms with Gasteiger partial charge in [0, 0.05) is 25.7 Å². The van der Waals surface area contributed by atoms with Gasteiger partial charge in [-0.1, -0.05) is 0 Å². The van der Waals surface area contributed by atoms with Crippen LogP contribution in [0, 0.1) is 10.1 Å². The molecule has 1 heterocycles. The first-order valence-corrected chi connectivity index (χ1v) is 6.72. The number of rotatable bonds is 3. The molecule has 0 unspecified atom stereocenters. The van der Waals surface area contributed by atoms with Crippen LogP contribution >= 0.6 is 0 Å². The molecule has 1 N–H and O–H groups in total. The van der Waals surface area contributed by atoms with E-state index in [-0.39, 0.29) is 22.9 Å². The zero-order chi connectivity index (χ0) is 15.6. The minimum atomic E-state index is -0.508. The van der Waals surface area contributed by atoms with Crippen LogP contribution in [-0.4, -0.2) is 48.0 Å². The first kappa shape index (κ1) is 15.2. The smallest absolute Gasteiger partial charge is 0.273 e. The van der Waals surface area contributed by atoms with E-state index in [0.29, 0.717) is 18.7 Å². The zero-order valence-electron chi connectivity index (χ0n) is 12.4. The van der Waals surface area contributed by atoms with Crippen molar-refractivity contribution in [1.82, 2.24) is 10.2 Å². The zero-order valence-corrected chi connectivity index (χ0v) is 12.4. The van der Waals surface area contributed by atoms with Gasteiger partial charge in [0.05, 0.1) is 29.2 Å². The fourth-order valence-corrected chi connectivity index (χ4v) is 2.48. The molecule has 1 aliphatic heterocycles. The molecule has 0 bridgehead atoms. The lowest BCUT2D eigenvalue weighted by Gasteiger charge is -2.43. The van der Waals surface area contributed by atoms with Crippen LogP contribution in [0.4, 0.5) is 5.69 Å². The molecule has 0 atom stereocenters. The highest BCUT2D eigenvalue weighted by atomic mass is 16.6. The molecule has 1 aromatic rings. The lowest BCUT2D eigenvalue weighted by molar-refractivity contribution is -0.384. The van der Waals surface area contributed by atoms with Crippen LogP contribution in [0.2, 0.25) is 0 Å². The van der Waals surface area contributed by atoms with Gasteiger partial charge in [-0.25, -0.2) is 0 Å². The Bertz CT molecular complexity index is 571. The molecule has 21 heavy (non-hydrogen) atoms. The average Bonchev–Trinajstić information content (AvgIpc) is 2.45. The third-order valence-electron chi connectivity index (χ3n) is 3.67. The Balaban J connectivity index is 2.36. The van der Waals surface area contributed by atoms with E-state index in [2.05, 4.69) is 5.32 Å². The Kier molecular flexibility index (Phi) is 4.13. The van der Waals surface area contributed by atoms with E-state index in [9.17, 15) is 14.9 Å². The number of hydrogen-bond acceptors (Lipinski definition) is 5. The minimum absolute atomic E-state index is 0.0945. The van der Waals surface area contributed by atoms with Crippen LogP contribution in [-0.2, 0) is 0 Å². The summed E-state index contributed by atoms with van der Waals surface area (Å²) in [6, 6.07) is 4.06. The predicted molar refractivity (Wildman–Crippen MR) is 77.6 cm³/mol. The number of nitro groups is 1. The van der Waals surface area contributed by atoms with Crippen molar-refractivity contribution in [3.05, 3.63) is 33.9 Å². The topological polar surface area (TPSA) is 84.7 Å². The molecule has 0 aliphatic carbocycles. The molecule has 0 radical (unpaired) electrons. The molecule has 0 aromatic heterocycles. The molecule has 1 saturated heterocycles. The summed E-state index contributed by atoms with van der Waals surface area (Å²) in [4.78, 5) is 24.8. The summed E-state index contributed by atoms with van der Waals surface area (Å²) in [5, 5.41) is 14.1. The molecule has 1 amide bonds. The molecule has 1 aromatic carbocycles. The molecule has 2 rings (SSSR count). The first-order chi connectivity index (χ1) is 9.86. The maximum Gasteiger partial charge on any atom is 0.273 e. The summed E-state index contributed by atoms with van der Waals surface area (Å²) in [5.41, 5.74) is -0.0664. The molecule has 114 valence electrons. The number of amides is 1. The highest BCUT2D eigenvalue weighted by Gasteiger charge is 2.35. The number of piperazine rings is 1. The minimum Gasteiger partial charge on any atom is -0.496 e. The van der Waals surface area contributed by atoms with Gasteiger partial charge in [0.25, 0.3) is 11.6 Å². The number of nitrogens with one attached hydrogen (secondary N) is 1. The van der Waals surface area contributed by atoms with E-state index in [1.165, 1.54) is 25.3 Å². The number of non-ortho nitro benzene ring substituents is 1. The number of carbonyl (C=O) groups excluding carboxylic acids is 1. The number of nitro benzene ring substituents is 1. The maximum absolute atomic E-state index is 12.7. The standard InChI is InChI=1S/C14H19N3O4/c1-14(2)9-15-6-7-16(14)13(18)11-5-4-10(17(19)20)8-12(11)21-3/h4-5,8,15H,6-7,9H2,1-3H3. The summed E-state index contributed by atoms with van der Waals surface area (Å²) < 4.78 is 5.15. The third kappa shape index (κ3) is 2.97. The second-order valence-electron chi connectivity index (χ2n) is 5.59. The van der Waals surface area contributed by atoms with Gasteiger partial charge in [0.2, 0.25) is 0 Å². The first-order valence-electron chi connectivity index (χ1n) is 6.72. The highest BCUT2D eigenvalue weighted by Crippen LogP contribution is 2.28. The normalized spacial score (nSPS) is 17.4. The lowest BCUT2D eigenvalue weighted by Crippen LogP contribution is -2.59. The van der Waals surface area contributed by atoms with Crippen LogP contribution in [0.25, 0.3) is 0 Å². The van der Waals surface area contributed by atoms with Crippen LogP contribution in [0.5, 0.6) is 5.75 Å². The largest absolute Gasteiger partial charge is 0.496 e. The highest BCUT2D eigenvalue weighted by molar-refractivity contribution is 5.97. The maximum atomic E-state index is 12.7. The Labute approximate surface area is 123 Å². The second-order valence-corrected chi connectivity index (χ2v) is 5.59. The third-order valence-corrected chi connectivity index (χ3v) is 3.67. The van der Waals surface area contributed by atoms with Crippen molar-refractivity contribution in [3.63, 3.8) is 0 Å². The van der Waals surface area contributed by atoms with Gasteiger partial charge in [-0.2, -0.15) is 0 Å². The lowest BCUT2D eigenvalue weighted by atomic mass is 9.98. The second kappa shape index (κ2) is 5.69. The van der Waals surface area contributed by atoms with Crippen LogP contribution in [0.1, 0.15) is 24.2 Å². The Morgan fingerprint density at radius 3 is 2.76 bits per heavy atom. The molecule has 0 saturated carbocycles. The molecule has 0 spiro atoms. The Hall–Kier alpha value is -2.15. The number of benzene rings is 1. The fourth-order valence-electron chi connectivity index (χ4n) is 2.48. The van der Waals surface area contributed by atoms with Gasteiger partial charge in [-0.3, -0.25) is 14.9 Å². The molecule has 1 aliphatic rings. The van der Waals surface area contributed by atoms with Gasteiger partial charge in [-0.15, -0.1) is 0 Å². The monoisotopic (exact) mass is 293 g/mol. The Morgan fingerprint density at radius 1 is 1.48 bits per heavy atom. The summed E-state index contributed by atoms with van der Waals surface area (Å²) in [5.74, 6) is 0.0526. The van der Waals surface area contributed by atoms with Crippen molar-refractivity contribution in [3.8, 4) is 5.75 Å². The number of carbonyl (C=O) groups is 1. The van der Waals surface area contributed by atoms with E-state index in [4.69, 9.17) is 4.74 Å². The van der Waals surface area contributed by atoms with E-state index in [0.717, 1.165) is 6.54 Å². The van der Waals surface area contributed by atoms with Crippen molar-refractivity contribution >= 4 is 11.6 Å². The van der Waals surface area contributed by atoms with Gasteiger partial charge >= 0.3 is 0 Å². The van der Waals surface area contributed by atoms with Crippen LogP contribution in [0.3, 0.4) is 0 Å². The summed E-state index contributed by atoms with van der Waals surface area (Å²) >= 11 is 0.